The number of aromatic amines is 2. The van der Waals surface area contributed by atoms with E-state index in [1.54, 1.807) is 31.2 Å². The summed E-state index contributed by atoms with van der Waals surface area (Å²) in [5.41, 5.74) is 0.0834. The van der Waals surface area contributed by atoms with E-state index < -0.39 is 11.7 Å². The Morgan fingerprint density at radius 3 is 2.95 bits per heavy atom. The van der Waals surface area contributed by atoms with Crippen molar-refractivity contribution >= 4 is 5.91 Å². The molecule has 7 heteroatoms. The summed E-state index contributed by atoms with van der Waals surface area (Å²) >= 11 is 0. The summed E-state index contributed by atoms with van der Waals surface area (Å²) in [6.07, 6.45) is 0. The Balaban J connectivity index is 2.07. The van der Waals surface area contributed by atoms with Gasteiger partial charge in [0.05, 0.1) is 12.6 Å². The van der Waals surface area contributed by atoms with Gasteiger partial charge in [-0.1, -0.05) is 6.07 Å². The first-order chi connectivity index (χ1) is 9.60. The Kier molecular flexibility index (Phi) is 4.19. The van der Waals surface area contributed by atoms with Gasteiger partial charge in [-0.15, -0.1) is 0 Å². The molecule has 0 spiro atoms. The van der Waals surface area contributed by atoms with Crippen LogP contribution in [0.15, 0.2) is 29.1 Å². The second-order valence-corrected chi connectivity index (χ2v) is 4.22. The van der Waals surface area contributed by atoms with Gasteiger partial charge in [-0.3, -0.25) is 9.78 Å². The monoisotopic (exact) mass is 276 g/mol. The van der Waals surface area contributed by atoms with Gasteiger partial charge in [0.15, 0.2) is 5.82 Å². The number of hydrogen-bond acceptors (Lipinski definition) is 4. The molecule has 1 heterocycles. The van der Waals surface area contributed by atoms with Crippen molar-refractivity contribution in [1.29, 1.82) is 0 Å². The molecule has 106 valence electrons. The fourth-order valence-corrected chi connectivity index (χ4v) is 1.73. The van der Waals surface area contributed by atoms with Crippen LogP contribution in [0.1, 0.15) is 36.1 Å². The highest BCUT2D eigenvalue weighted by atomic mass is 16.5. The number of amides is 1. The van der Waals surface area contributed by atoms with Crippen LogP contribution in [0.4, 0.5) is 0 Å². The normalized spacial score (nSPS) is 11.9. The Bertz CT molecular complexity index is 647. The second kappa shape index (κ2) is 6.05. The first-order valence-corrected chi connectivity index (χ1v) is 6.28. The first-order valence-electron chi connectivity index (χ1n) is 6.28. The van der Waals surface area contributed by atoms with Gasteiger partial charge in [0.1, 0.15) is 5.75 Å². The summed E-state index contributed by atoms with van der Waals surface area (Å²) in [6, 6.07) is 6.49. The van der Waals surface area contributed by atoms with E-state index in [1.165, 1.54) is 0 Å². The molecule has 3 N–H and O–H groups in total. The Morgan fingerprint density at radius 1 is 1.50 bits per heavy atom. The maximum absolute atomic E-state index is 12.1. The minimum absolute atomic E-state index is 0.261. The minimum Gasteiger partial charge on any atom is -0.494 e. The highest BCUT2D eigenvalue weighted by molar-refractivity contribution is 5.94. The van der Waals surface area contributed by atoms with E-state index in [4.69, 9.17) is 4.74 Å². The summed E-state index contributed by atoms with van der Waals surface area (Å²) < 4.78 is 5.34. The third-order valence-corrected chi connectivity index (χ3v) is 2.68. The Morgan fingerprint density at radius 2 is 2.30 bits per heavy atom. The molecule has 20 heavy (non-hydrogen) atoms. The van der Waals surface area contributed by atoms with Crippen molar-refractivity contribution < 1.29 is 9.53 Å². The third kappa shape index (κ3) is 3.25. The summed E-state index contributed by atoms with van der Waals surface area (Å²) in [4.78, 5) is 25.6. The van der Waals surface area contributed by atoms with Crippen LogP contribution < -0.4 is 15.7 Å². The van der Waals surface area contributed by atoms with Crippen LogP contribution in [0.2, 0.25) is 0 Å². The van der Waals surface area contributed by atoms with Crippen molar-refractivity contribution in [1.82, 2.24) is 20.5 Å². The first kappa shape index (κ1) is 13.9. The van der Waals surface area contributed by atoms with Crippen LogP contribution in [-0.4, -0.2) is 27.7 Å². The number of H-pyrrole nitrogens is 2. The quantitative estimate of drug-likeness (QED) is 0.758. The predicted molar refractivity (Wildman–Crippen MR) is 72.7 cm³/mol. The van der Waals surface area contributed by atoms with Crippen molar-refractivity contribution in [2.75, 3.05) is 6.61 Å². The highest BCUT2D eigenvalue weighted by Crippen LogP contribution is 2.14. The second-order valence-electron chi connectivity index (χ2n) is 4.22. The maximum Gasteiger partial charge on any atom is 0.340 e. The van der Waals surface area contributed by atoms with Crippen molar-refractivity contribution in [2.45, 2.75) is 19.9 Å². The predicted octanol–water partition coefficient (Wildman–Crippen LogP) is 0.988. The zero-order chi connectivity index (χ0) is 14.5. The molecule has 0 unspecified atom stereocenters. The molecule has 0 aliphatic heterocycles. The van der Waals surface area contributed by atoms with E-state index >= 15 is 0 Å². The number of nitrogens with one attached hydrogen (secondary N) is 3. The molecule has 0 aliphatic rings. The average Bonchev–Trinajstić information content (AvgIpc) is 2.86. The van der Waals surface area contributed by atoms with Crippen molar-refractivity contribution in [3.05, 3.63) is 46.1 Å². The van der Waals surface area contributed by atoms with Gasteiger partial charge in [-0.2, -0.15) is 5.10 Å². The van der Waals surface area contributed by atoms with Crippen LogP contribution in [0.3, 0.4) is 0 Å². The maximum atomic E-state index is 12.1. The lowest BCUT2D eigenvalue weighted by atomic mass is 10.2. The molecule has 1 aromatic heterocycles. The molecule has 2 rings (SSSR count). The average molecular weight is 276 g/mol. The summed E-state index contributed by atoms with van der Waals surface area (Å²) in [5.74, 6) is 0.758. The van der Waals surface area contributed by atoms with Crippen LogP contribution in [-0.2, 0) is 0 Å². The molecule has 0 saturated carbocycles. The number of rotatable bonds is 5. The van der Waals surface area contributed by atoms with E-state index in [9.17, 15) is 9.59 Å². The Labute approximate surface area is 115 Å². The number of aromatic nitrogens is 3. The zero-order valence-corrected chi connectivity index (χ0v) is 11.3. The van der Waals surface area contributed by atoms with Crippen molar-refractivity contribution in [3.8, 4) is 5.75 Å². The lowest BCUT2D eigenvalue weighted by molar-refractivity contribution is 0.0938. The molecule has 0 aliphatic carbocycles. The highest BCUT2D eigenvalue weighted by Gasteiger charge is 2.14. The molecule has 0 saturated heterocycles. The molecule has 0 bridgehead atoms. The summed E-state index contributed by atoms with van der Waals surface area (Å²) in [5, 5.41) is 8.78. The van der Waals surface area contributed by atoms with Gasteiger partial charge in [0.25, 0.3) is 5.91 Å². The standard InChI is InChI=1S/C13H16N4O3/c1-3-20-10-6-4-5-9(7-10)12(18)14-8(2)11-15-13(19)17-16-11/h4-8H,3H2,1-2H3,(H,14,18)(H2,15,16,17,19)/t8-/m0/s1. The fraction of sp³-hybridized carbons (Fsp3) is 0.308. The third-order valence-electron chi connectivity index (χ3n) is 2.68. The number of nitrogens with zero attached hydrogens (tertiary/aromatic N) is 1. The summed E-state index contributed by atoms with van der Waals surface area (Å²) in [6.45, 7) is 4.15. The van der Waals surface area contributed by atoms with Gasteiger partial charge >= 0.3 is 5.69 Å². The van der Waals surface area contributed by atoms with Crippen LogP contribution in [0.5, 0.6) is 5.75 Å². The molecule has 1 amide bonds. The van der Waals surface area contributed by atoms with Gasteiger partial charge in [0.2, 0.25) is 0 Å². The van der Waals surface area contributed by atoms with E-state index in [0.29, 0.717) is 23.7 Å². The number of hydrogen-bond donors (Lipinski definition) is 3. The van der Waals surface area contributed by atoms with E-state index in [1.807, 2.05) is 6.92 Å². The number of ether oxygens (including phenoxy) is 1. The van der Waals surface area contributed by atoms with Crippen molar-refractivity contribution in [3.63, 3.8) is 0 Å². The molecule has 2 aromatic rings. The smallest absolute Gasteiger partial charge is 0.340 e. The molecule has 0 fully saturated rings. The van der Waals surface area contributed by atoms with Crippen LogP contribution in [0.25, 0.3) is 0 Å². The van der Waals surface area contributed by atoms with E-state index in [-0.39, 0.29) is 5.91 Å². The number of benzene rings is 1. The van der Waals surface area contributed by atoms with Gasteiger partial charge in [0, 0.05) is 5.56 Å². The van der Waals surface area contributed by atoms with Crippen LogP contribution in [0, 0.1) is 0 Å². The molecular formula is C13H16N4O3. The minimum atomic E-state index is -0.405. The summed E-state index contributed by atoms with van der Waals surface area (Å²) in [7, 11) is 0. The lowest BCUT2D eigenvalue weighted by Gasteiger charge is -2.11. The van der Waals surface area contributed by atoms with E-state index in [0.717, 1.165) is 0 Å². The van der Waals surface area contributed by atoms with Gasteiger partial charge in [-0.05, 0) is 32.0 Å². The number of carbonyl (C=O) groups excluding carboxylic acids is 1. The number of carbonyl (C=O) groups is 1. The topological polar surface area (TPSA) is 99.9 Å². The van der Waals surface area contributed by atoms with Crippen molar-refractivity contribution in [2.24, 2.45) is 0 Å². The molecule has 1 aromatic carbocycles. The van der Waals surface area contributed by atoms with Gasteiger partial charge < -0.3 is 10.1 Å². The lowest BCUT2D eigenvalue weighted by Crippen LogP contribution is -2.27. The van der Waals surface area contributed by atoms with Gasteiger partial charge in [-0.25, -0.2) is 9.89 Å². The van der Waals surface area contributed by atoms with E-state index in [2.05, 4.69) is 20.5 Å². The molecular weight excluding hydrogens is 260 g/mol. The fourth-order valence-electron chi connectivity index (χ4n) is 1.73. The molecule has 1 atom stereocenters. The zero-order valence-electron chi connectivity index (χ0n) is 11.3. The Hall–Kier alpha value is -2.57. The molecule has 0 radical (unpaired) electrons. The largest absolute Gasteiger partial charge is 0.494 e. The molecule has 7 nitrogen and oxygen atoms in total. The SMILES string of the molecule is CCOc1cccc(C(=O)N[C@@H](C)c2n[nH]c(=O)[nH]2)c1. The van der Waals surface area contributed by atoms with Crippen LogP contribution >= 0.6 is 0 Å².